The smallest absolute Gasteiger partial charge is 0.335 e. The molecule has 0 saturated carbocycles. The summed E-state index contributed by atoms with van der Waals surface area (Å²) in [6, 6.07) is 9.70. The Bertz CT molecular complexity index is 1050. The molecule has 0 spiro atoms. The van der Waals surface area contributed by atoms with Gasteiger partial charge in [-0.1, -0.05) is 31.5 Å². The van der Waals surface area contributed by atoms with Crippen molar-refractivity contribution in [3.05, 3.63) is 48.0 Å². The number of aromatic carboxylic acids is 1. The topological polar surface area (TPSA) is 119 Å². The van der Waals surface area contributed by atoms with Crippen LogP contribution in [0.3, 0.4) is 0 Å². The Balaban J connectivity index is 2.67. The summed E-state index contributed by atoms with van der Waals surface area (Å²) in [6.07, 6.45) is -0.187. The van der Waals surface area contributed by atoms with Crippen LogP contribution in [0.4, 0.5) is 5.69 Å². The molecule has 7 nitrogen and oxygen atoms in total. The summed E-state index contributed by atoms with van der Waals surface area (Å²) in [5.74, 6) is -1.53. The van der Waals surface area contributed by atoms with E-state index < -0.39 is 44.2 Å². The molecular weight excluding hydrogens is 344 g/mol. The van der Waals surface area contributed by atoms with Crippen LogP contribution in [0.15, 0.2) is 47.4 Å². The summed E-state index contributed by atoms with van der Waals surface area (Å²) in [7, 11) is -4.82. The lowest BCUT2D eigenvalue weighted by Crippen LogP contribution is -2.16. The predicted octanol–water partition coefficient (Wildman–Crippen LogP) is 3.04. The highest BCUT2D eigenvalue weighted by Crippen LogP contribution is 2.37. The van der Waals surface area contributed by atoms with Gasteiger partial charge in [0.2, 0.25) is 10.0 Å². The van der Waals surface area contributed by atoms with Crippen LogP contribution in [0.5, 0.6) is 11.5 Å². The number of carbonyl (C=O) groups is 1. The van der Waals surface area contributed by atoms with E-state index in [0.717, 1.165) is 17.4 Å². The van der Waals surface area contributed by atoms with Gasteiger partial charge in [-0.05, 0) is 30.7 Å². The van der Waals surface area contributed by atoms with Crippen molar-refractivity contribution in [2.24, 2.45) is 5.13 Å². The van der Waals surface area contributed by atoms with Crippen molar-refractivity contribution in [1.29, 1.82) is 1.43 Å². The monoisotopic (exact) mass is 371 g/mol. The highest BCUT2D eigenvalue weighted by molar-refractivity contribution is 7.89. The molecular formula is C17H20N2O5S. The fraction of sp³-hybridized carbons (Fsp3) is 0.235. The second kappa shape index (κ2) is 8.00. The van der Waals surface area contributed by atoms with Gasteiger partial charge < -0.3 is 15.2 Å². The zero-order chi connectivity index (χ0) is 24.1. The number of para-hydroxylation sites is 1. The standard InChI is InChI=1S/C17H20N2O5S/c1-2-3-9-19-14-10-12(17(20)21)11-15(25(18,22)23)16(14)24-13-7-5-4-6-8-13/h4-8,10-11,19H,2-3,9H2,1H3,(H,20,21)(H2,18,22,23)/i1D3/hD4. The van der Waals surface area contributed by atoms with Gasteiger partial charge in [-0.2, -0.15) is 0 Å². The molecule has 134 valence electrons. The molecule has 0 bridgehead atoms. The third-order valence-electron chi connectivity index (χ3n) is 3.13. The average molecular weight is 371 g/mol. The van der Waals surface area contributed by atoms with Crippen LogP contribution in [0.1, 0.15) is 34.2 Å². The van der Waals surface area contributed by atoms with Crippen molar-refractivity contribution in [3.63, 3.8) is 0 Å². The fourth-order valence-corrected chi connectivity index (χ4v) is 2.66. The van der Waals surface area contributed by atoms with Crippen LogP contribution in [0.2, 0.25) is 4.24 Å². The molecule has 0 aromatic heterocycles. The Labute approximate surface area is 156 Å². The predicted molar refractivity (Wildman–Crippen MR) is 94.7 cm³/mol. The third kappa shape index (κ3) is 4.94. The number of carboxylic acid groups (broad SMARTS) is 1. The Kier molecular flexibility index (Phi) is 3.56. The number of sulfonamides is 1. The molecule has 2 rings (SSSR count). The second-order valence-corrected chi connectivity index (χ2v) is 6.38. The van der Waals surface area contributed by atoms with Crippen molar-refractivity contribution >= 4 is 21.7 Å². The maximum Gasteiger partial charge on any atom is 0.335 e. The number of nitrogens with two attached hydrogens (primary N) is 1. The van der Waals surface area contributed by atoms with Gasteiger partial charge in [0.25, 0.3) is 1.43 Å². The minimum atomic E-state index is -4.82. The lowest BCUT2D eigenvalue weighted by molar-refractivity contribution is 0.0696. The highest BCUT2D eigenvalue weighted by Gasteiger charge is 2.23. The molecule has 0 aliphatic rings. The molecule has 0 saturated heterocycles. The van der Waals surface area contributed by atoms with Gasteiger partial charge in [-0.15, -0.1) is 0 Å². The molecule has 0 aliphatic carbocycles. The second-order valence-electron chi connectivity index (χ2n) is 4.99. The van der Waals surface area contributed by atoms with Gasteiger partial charge in [0.05, 0.1) is 11.3 Å². The van der Waals surface area contributed by atoms with Crippen LogP contribution in [0, 0.1) is 0 Å². The van der Waals surface area contributed by atoms with E-state index in [1.165, 1.54) is 12.1 Å². The van der Waals surface area contributed by atoms with Crippen molar-refractivity contribution in [1.82, 2.24) is 0 Å². The first-order chi connectivity index (χ1) is 14.9. The van der Waals surface area contributed by atoms with E-state index in [0.29, 0.717) is 0 Å². The Morgan fingerprint density at radius 3 is 2.92 bits per heavy atom. The molecule has 2 aromatic carbocycles. The normalized spacial score (nSPS) is 15.6. The molecule has 0 aliphatic heterocycles. The number of benzene rings is 2. The molecule has 0 heterocycles. The van der Waals surface area contributed by atoms with E-state index in [1.807, 2.05) is 0 Å². The van der Waals surface area contributed by atoms with E-state index in [4.69, 9.17) is 14.5 Å². The van der Waals surface area contributed by atoms with E-state index in [2.05, 4.69) is 5.11 Å². The number of hydrogen-bond donors (Lipinski definition) is 3. The molecule has 8 heteroatoms. The first-order valence-corrected chi connectivity index (χ1v) is 8.69. The molecule has 2 aromatic rings. The first kappa shape index (κ1) is 11.1. The van der Waals surface area contributed by atoms with Crippen molar-refractivity contribution in [3.8, 4) is 11.5 Å². The minimum absolute atomic E-state index is 0.0307. The maximum atomic E-state index is 12.6. The van der Waals surface area contributed by atoms with E-state index in [-0.39, 0.29) is 30.8 Å². The summed E-state index contributed by atoms with van der Waals surface area (Å²) in [4.78, 5) is 11.2. The number of rotatable bonds is 9. The molecule has 0 amide bonds. The zero-order valence-electron chi connectivity index (χ0n) is 20.0. The number of hydrogen-bond acceptors (Lipinski definition) is 6. The zero-order valence-corrected chi connectivity index (χ0v) is 13.8. The van der Waals surface area contributed by atoms with Crippen LogP contribution >= 0.6 is 0 Å². The Morgan fingerprint density at radius 2 is 2.24 bits per heavy atom. The van der Waals surface area contributed by atoms with Gasteiger partial charge in [0, 0.05) is 10.7 Å². The third-order valence-corrected chi connectivity index (χ3v) is 3.99. The fourth-order valence-electron chi connectivity index (χ4n) is 2.00. The number of nitrogens with one attached hydrogen (secondary N) is 1. The van der Waals surface area contributed by atoms with Crippen molar-refractivity contribution < 1.29 is 31.4 Å². The Hall–Kier alpha value is -2.58. The summed E-state index contributed by atoms with van der Waals surface area (Å²) < 4.78 is 82.4. The largest absolute Gasteiger partial charge is 0.478 e. The lowest BCUT2D eigenvalue weighted by atomic mass is 10.1. The summed E-state index contributed by atoms with van der Waals surface area (Å²) in [5.41, 5.74) is -0.702. The van der Waals surface area contributed by atoms with Crippen LogP contribution in [-0.2, 0) is 10.0 Å². The van der Waals surface area contributed by atoms with E-state index >= 15 is 0 Å². The quantitative estimate of drug-likeness (QED) is 0.623. The van der Waals surface area contributed by atoms with Gasteiger partial charge in [-0.25, -0.2) is 18.3 Å². The first-order valence-electron chi connectivity index (χ1n) is 10.5. The van der Waals surface area contributed by atoms with Gasteiger partial charge >= 0.3 is 5.97 Å². The SMILES string of the molecule is [2H]OC(=O)c1cc(N([2H])CCCC([2H])([2H])[2H])c(Oc2ccccc2)c(S(=O)(=O)N([2H])[2H])c1. The van der Waals surface area contributed by atoms with Gasteiger partial charge in [0.1, 0.15) is 13.5 Å². The van der Waals surface area contributed by atoms with E-state index in [1.54, 1.807) is 18.2 Å². The van der Waals surface area contributed by atoms with Crippen LogP contribution in [-0.4, -0.2) is 26.0 Å². The summed E-state index contributed by atoms with van der Waals surface area (Å²) in [6.45, 7) is -2.40. The minimum Gasteiger partial charge on any atom is -0.478 e. The molecule has 0 unspecified atom stereocenters. The molecule has 0 radical (unpaired) electrons. The number of ether oxygens (including phenoxy) is 1. The number of anilines is 1. The number of primary sulfonamides is 1. The van der Waals surface area contributed by atoms with Gasteiger partial charge in [0.15, 0.2) is 7.16 Å². The van der Waals surface area contributed by atoms with Crippen LogP contribution in [0.25, 0.3) is 1.43 Å². The average Bonchev–Trinajstić information content (AvgIpc) is 2.72. The molecule has 4 N–H and O–H groups in total. The van der Waals surface area contributed by atoms with E-state index in [9.17, 15) is 13.2 Å². The molecule has 0 atom stereocenters. The lowest BCUT2D eigenvalue weighted by Gasteiger charge is -2.17. The maximum absolute atomic E-state index is 12.6. The van der Waals surface area contributed by atoms with Crippen molar-refractivity contribution in [2.45, 2.75) is 24.6 Å². The van der Waals surface area contributed by atoms with Gasteiger partial charge in [-0.3, -0.25) is 0 Å². The number of carboxylic acids is 1. The summed E-state index contributed by atoms with van der Waals surface area (Å²) in [5, 5.41) is 4.05. The van der Waals surface area contributed by atoms with Crippen molar-refractivity contribution in [2.75, 3.05) is 11.9 Å². The molecule has 25 heavy (non-hydrogen) atoms. The van der Waals surface area contributed by atoms with Crippen LogP contribution < -0.4 is 15.2 Å². The Morgan fingerprint density at radius 1 is 1.44 bits per heavy atom. The molecule has 0 fully saturated rings. The highest BCUT2D eigenvalue weighted by atomic mass is 32.2. The summed E-state index contributed by atoms with van der Waals surface area (Å²) >= 11 is 0.